The van der Waals surface area contributed by atoms with Crippen LogP contribution in [0.1, 0.15) is 40.0 Å². The summed E-state index contributed by atoms with van der Waals surface area (Å²) in [7, 11) is 0. The Balaban J connectivity index is 1.90. The third kappa shape index (κ3) is 2.48. The van der Waals surface area contributed by atoms with Crippen LogP contribution in [-0.4, -0.2) is 41.8 Å². The van der Waals surface area contributed by atoms with Crippen molar-refractivity contribution in [3.05, 3.63) is 0 Å². The Morgan fingerprint density at radius 3 is 2.81 bits per heavy atom. The van der Waals surface area contributed by atoms with Crippen molar-refractivity contribution in [2.75, 3.05) is 13.1 Å². The predicted molar refractivity (Wildman–Crippen MR) is 62.4 cm³/mol. The van der Waals surface area contributed by atoms with Crippen molar-refractivity contribution in [3.8, 4) is 0 Å². The Kier molecular flexibility index (Phi) is 3.10. The van der Waals surface area contributed by atoms with Gasteiger partial charge >= 0.3 is 6.09 Å². The summed E-state index contributed by atoms with van der Waals surface area (Å²) in [5.41, 5.74) is -0.389. The molecule has 2 fully saturated rings. The quantitative estimate of drug-likeness (QED) is 0.684. The Hall–Kier alpha value is -0.770. The van der Waals surface area contributed by atoms with Crippen LogP contribution in [0.3, 0.4) is 0 Å². The molecule has 0 aromatic carbocycles. The molecule has 0 radical (unpaired) electrons. The molecule has 2 aliphatic rings. The van der Waals surface area contributed by atoms with Gasteiger partial charge in [0.05, 0.1) is 6.04 Å². The minimum Gasteiger partial charge on any atom is -0.444 e. The van der Waals surface area contributed by atoms with Gasteiger partial charge in [-0.05, 0) is 40.2 Å². The summed E-state index contributed by atoms with van der Waals surface area (Å²) in [4.78, 5) is 13.8. The zero-order chi connectivity index (χ0) is 11.8. The molecule has 4 heteroatoms. The molecule has 2 aliphatic heterocycles. The Morgan fingerprint density at radius 2 is 2.12 bits per heavy atom. The van der Waals surface area contributed by atoms with Crippen molar-refractivity contribution in [2.45, 2.75) is 57.7 Å². The molecule has 2 heterocycles. The van der Waals surface area contributed by atoms with E-state index in [1.807, 2.05) is 25.7 Å². The zero-order valence-electron chi connectivity index (χ0n) is 10.5. The lowest BCUT2D eigenvalue weighted by Crippen LogP contribution is -2.67. The van der Waals surface area contributed by atoms with E-state index in [2.05, 4.69) is 5.32 Å². The van der Waals surface area contributed by atoms with E-state index in [1.54, 1.807) is 0 Å². The molecule has 4 nitrogen and oxygen atoms in total. The molecule has 16 heavy (non-hydrogen) atoms. The molecule has 2 saturated heterocycles. The average molecular weight is 226 g/mol. The second-order valence-corrected chi connectivity index (χ2v) is 5.76. The normalized spacial score (nSPS) is 30.1. The van der Waals surface area contributed by atoms with Gasteiger partial charge in [0.1, 0.15) is 5.60 Å². The highest BCUT2D eigenvalue weighted by molar-refractivity contribution is 5.70. The van der Waals surface area contributed by atoms with Crippen LogP contribution in [0.5, 0.6) is 0 Å². The first-order chi connectivity index (χ1) is 7.47. The molecule has 0 bridgehead atoms. The summed E-state index contributed by atoms with van der Waals surface area (Å²) in [5, 5.41) is 3.48. The fourth-order valence-electron chi connectivity index (χ4n) is 2.40. The van der Waals surface area contributed by atoms with Crippen LogP contribution >= 0.6 is 0 Å². The summed E-state index contributed by atoms with van der Waals surface area (Å²) in [6, 6.07) is 0.854. The summed E-state index contributed by atoms with van der Waals surface area (Å²) in [6.45, 7) is 7.62. The molecule has 0 saturated carbocycles. The number of hydrogen-bond acceptors (Lipinski definition) is 3. The van der Waals surface area contributed by atoms with Gasteiger partial charge in [-0.1, -0.05) is 6.42 Å². The number of carbonyl (C=O) groups is 1. The number of rotatable bonds is 0. The first-order valence-electron chi connectivity index (χ1n) is 6.20. The minimum atomic E-state index is -0.389. The van der Waals surface area contributed by atoms with Gasteiger partial charge in [-0.15, -0.1) is 0 Å². The zero-order valence-corrected chi connectivity index (χ0v) is 10.5. The van der Waals surface area contributed by atoms with Crippen LogP contribution in [0.2, 0.25) is 0 Å². The molecule has 1 N–H and O–H groups in total. The van der Waals surface area contributed by atoms with E-state index in [-0.39, 0.29) is 11.7 Å². The van der Waals surface area contributed by atoms with Crippen molar-refractivity contribution in [1.29, 1.82) is 0 Å². The SMILES string of the molecule is CC(C)(C)OC(=O)N1C[C@H]2NCCCC[C@H]21. The first kappa shape index (κ1) is 11.7. The van der Waals surface area contributed by atoms with Gasteiger partial charge in [0.2, 0.25) is 0 Å². The van der Waals surface area contributed by atoms with E-state index in [9.17, 15) is 4.79 Å². The van der Waals surface area contributed by atoms with Crippen molar-refractivity contribution in [2.24, 2.45) is 0 Å². The molecule has 0 spiro atoms. The molecule has 2 atom stereocenters. The monoisotopic (exact) mass is 226 g/mol. The van der Waals surface area contributed by atoms with Gasteiger partial charge in [0.25, 0.3) is 0 Å². The number of hydrogen-bond donors (Lipinski definition) is 1. The Bertz CT molecular complexity index is 273. The smallest absolute Gasteiger partial charge is 0.410 e. The lowest BCUT2D eigenvalue weighted by atomic mass is 9.94. The van der Waals surface area contributed by atoms with E-state index in [0.717, 1.165) is 19.5 Å². The summed E-state index contributed by atoms with van der Waals surface area (Å²) in [6.07, 6.45) is 3.37. The fraction of sp³-hybridized carbons (Fsp3) is 0.917. The number of nitrogens with zero attached hydrogens (tertiary/aromatic N) is 1. The highest BCUT2D eigenvalue weighted by atomic mass is 16.6. The number of likely N-dealkylation sites (tertiary alicyclic amines) is 1. The number of nitrogens with one attached hydrogen (secondary N) is 1. The lowest BCUT2D eigenvalue weighted by Gasteiger charge is -2.47. The van der Waals surface area contributed by atoms with Crippen LogP contribution in [0.15, 0.2) is 0 Å². The predicted octanol–water partition coefficient (Wildman–Crippen LogP) is 1.75. The number of fused-ring (bicyclic) bond motifs is 1. The topological polar surface area (TPSA) is 41.6 Å². The number of amides is 1. The van der Waals surface area contributed by atoms with Crippen LogP contribution in [0.25, 0.3) is 0 Å². The van der Waals surface area contributed by atoms with Crippen molar-refractivity contribution in [1.82, 2.24) is 10.2 Å². The van der Waals surface area contributed by atoms with Crippen LogP contribution in [0, 0.1) is 0 Å². The molecule has 2 rings (SSSR count). The van der Waals surface area contributed by atoms with Crippen molar-refractivity contribution >= 4 is 6.09 Å². The van der Waals surface area contributed by atoms with Gasteiger partial charge in [0.15, 0.2) is 0 Å². The van der Waals surface area contributed by atoms with E-state index >= 15 is 0 Å². The molecule has 92 valence electrons. The third-order valence-electron chi connectivity index (χ3n) is 3.22. The molecule has 0 unspecified atom stereocenters. The van der Waals surface area contributed by atoms with Gasteiger partial charge < -0.3 is 15.0 Å². The number of ether oxygens (including phenoxy) is 1. The maximum Gasteiger partial charge on any atom is 0.410 e. The number of carbonyl (C=O) groups excluding carboxylic acids is 1. The minimum absolute atomic E-state index is 0.155. The third-order valence-corrected chi connectivity index (χ3v) is 3.22. The second kappa shape index (κ2) is 4.24. The van der Waals surface area contributed by atoms with Crippen LogP contribution < -0.4 is 5.32 Å². The van der Waals surface area contributed by atoms with E-state index in [1.165, 1.54) is 12.8 Å². The maximum absolute atomic E-state index is 11.9. The van der Waals surface area contributed by atoms with Gasteiger partial charge in [-0.25, -0.2) is 4.79 Å². The summed E-state index contributed by atoms with van der Waals surface area (Å²) < 4.78 is 5.39. The van der Waals surface area contributed by atoms with E-state index in [4.69, 9.17) is 4.74 Å². The second-order valence-electron chi connectivity index (χ2n) is 5.76. The lowest BCUT2D eigenvalue weighted by molar-refractivity contribution is -0.0182. The fourth-order valence-corrected chi connectivity index (χ4v) is 2.40. The molecule has 0 aliphatic carbocycles. The molecule has 0 aromatic heterocycles. The molecule has 1 amide bonds. The highest BCUT2D eigenvalue weighted by Crippen LogP contribution is 2.27. The summed E-state index contributed by atoms with van der Waals surface area (Å²) in [5.74, 6) is 0. The van der Waals surface area contributed by atoms with Crippen molar-refractivity contribution in [3.63, 3.8) is 0 Å². The maximum atomic E-state index is 11.9. The Morgan fingerprint density at radius 1 is 1.38 bits per heavy atom. The van der Waals surface area contributed by atoms with Gasteiger partial charge in [-0.3, -0.25) is 0 Å². The molecular weight excluding hydrogens is 204 g/mol. The first-order valence-corrected chi connectivity index (χ1v) is 6.20. The van der Waals surface area contributed by atoms with Gasteiger partial charge in [0, 0.05) is 12.6 Å². The standard InChI is InChI=1S/C12H22N2O2/c1-12(2,3)16-11(15)14-8-9-10(14)6-4-5-7-13-9/h9-10,13H,4-8H2,1-3H3/t9-,10-/m1/s1. The van der Waals surface area contributed by atoms with E-state index < -0.39 is 0 Å². The van der Waals surface area contributed by atoms with Gasteiger partial charge in [-0.2, -0.15) is 0 Å². The van der Waals surface area contributed by atoms with Crippen LogP contribution in [-0.2, 0) is 4.74 Å². The van der Waals surface area contributed by atoms with E-state index in [0.29, 0.717) is 12.1 Å². The Labute approximate surface area is 97.3 Å². The average Bonchev–Trinajstić information content (AvgIpc) is 2.25. The van der Waals surface area contributed by atoms with Crippen molar-refractivity contribution < 1.29 is 9.53 Å². The highest BCUT2D eigenvalue weighted by Gasteiger charge is 2.43. The molecular formula is C12H22N2O2. The van der Waals surface area contributed by atoms with Crippen LogP contribution in [0.4, 0.5) is 4.79 Å². The largest absolute Gasteiger partial charge is 0.444 e. The molecule has 0 aromatic rings. The summed E-state index contributed by atoms with van der Waals surface area (Å²) >= 11 is 0.